The third-order valence-electron chi connectivity index (χ3n) is 2.61. The van der Waals surface area contributed by atoms with Gasteiger partial charge in [-0.2, -0.15) is 0 Å². The van der Waals surface area contributed by atoms with E-state index in [9.17, 15) is 4.39 Å². The van der Waals surface area contributed by atoms with Gasteiger partial charge in [0, 0.05) is 21.8 Å². The van der Waals surface area contributed by atoms with Crippen LogP contribution < -0.4 is 5.32 Å². The van der Waals surface area contributed by atoms with Gasteiger partial charge in [-0.15, -0.1) is 11.8 Å². The van der Waals surface area contributed by atoms with E-state index in [4.69, 9.17) is 0 Å². The summed E-state index contributed by atoms with van der Waals surface area (Å²) in [5, 5.41) is 3.89. The fourth-order valence-electron chi connectivity index (χ4n) is 1.86. The number of nitrogens with one attached hydrogen (secondary N) is 1. The second-order valence-electron chi connectivity index (χ2n) is 3.97. The molecule has 2 rings (SSSR count). The molecule has 0 saturated carbocycles. The van der Waals surface area contributed by atoms with Crippen LogP contribution in [0.25, 0.3) is 0 Å². The quantitative estimate of drug-likeness (QED) is 0.849. The standard InChI is InChI=1S/C11H13BrFNS/c1-7-6-14-11(2,15-7)9-4-3-8(12)5-10(9)13/h3-5,7,14H,6H2,1-2H3. The van der Waals surface area contributed by atoms with Gasteiger partial charge in [-0.3, -0.25) is 5.32 Å². The topological polar surface area (TPSA) is 12.0 Å². The van der Waals surface area contributed by atoms with Crippen molar-refractivity contribution >= 4 is 27.7 Å². The molecule has 1 aliphatic rings. The molecule has 0 aliphatic carbocycles. The molecule has 1 N–H and O–H groups in total. The summed E-state index contributed by atoms with van der Waals surface area (Å²) in [5.41, 5.74) is 0.736. The molecule has 4 heteroatoms. The number of thioether (sulfide) groups is 1. The Labute approximate surface area is 102 Å². The summed E-state index contributed by atoms with van der Waals surface area (Å²) >= 11 is 5.04. The van der Waals surface area contributed by atoms with E-state index in [1.807, 2.05) is 19.1 Å². The van der Waals surface area contributed by atoms with E-state index in [1.165, 1.54) is 6.07 Å². The van der Waals surface area contributed by atoms with Crippen LogP contribution in [0.2, 0.25) is 0 Å². The Morgan fingerprint density at radius 2 is 2.33 bits per heavy atom. The van der Waals surface area contributed by atoms with Crippen molar-refractivity contribution in [1.29, 1.82) is 0 Å². The first kappa shape index (κ1) is 11.4. The molecule has 0 radical (unpaired) electrons. The maximum Gasteiger partial charge on any atom is 0.130 e. The Kier molecular flexibility index (Phi) is 3.10. The molecule has 0 amide bonds. The first-order valence-corrected chi connectivity index (χ1v) is 6.57. The van der Waals surface area contributed by atoms with Crippen molar-refractivity contribution < 1.29 is 4.39 Å². The fraction of sp³-hybridized carbons (Fsp3) is 0.455. The Balaban J connectivity index is 2.37. The number of hydrogen-bond acceptors (Lipinski definition) is 2. The molecule has 1 aromatic rings. The average molecular weight is 290 g/mol. The van der Waals surface area contributed by atoms with Crippen molar-refractivity contribution in [1.82, 2.24) is 5.32 Å². The summed E-state index contributed by atoms with van der Waals surface area (Å²) in [6.07, 6.45) is 0. The first-order valence-electron chi connectivity index (χ1n) is 4.89. The zero-order valence-electron chi connectivity index (χ0n) is 8.68. The lowest BCUT2D eigenvalue weighted by atomic mass is 10.1. The normalized spacial score (nSPS) is 30.8. The zero-order chi connectivity index (χ0) is 11.1. The molecule has 2 atom stereocenters. The lowest BCUT2D eigenvalue weighted by molar-refractivity contribution is 0.517. The van der Waals surface area contributed by atoms with Crippen molar-refractivity contribution in [3.8, 4) is 0 Å². The Hall–Kier alpha value is -0.0600. The highest BCUT2D eigenvalue weighted by Crippen LogP contribution is 2.42. The Morgan fingerprint density at radius 1 is 1.60 bits per heavy atom. The summed E-state index contributed by atoms with van der Waals surface area (Å²) < 4.78 is 14.6. The van der Waals surface area contributed by atoms with E-state index in [0.29, 0.717) is 5.25 Å². The summed E-state index contributed by atoms with van der Waals surface area (Å²) in [6, 6.07) is 5.25. The predicted molar refractivity (Wildman–Crippen MR) is 66.5 cm³/mol. The molecule has 1 aliphatic heterocycles. The number of rotatable bonds is 1. The maximum absolute atomic E-state index is 13.8. The molecule has 2 unspecified atom stereocenters. The summed E-state index contributed by atoms with van der Waals surface area (Å²) in [5.74, 6) is -0.152. The highest BCUT2D eigenvalue weighted by atomic mass is 79.9. The molecule has 0 spiro atoms. The van der Waals surface area contributed by atoms with Gasteiger partial charge in [-0.25, -0.2) is 4.39 Å². The van der Waals surface area contributed by atoms with E-state index in [0.717, 1.165) is 16.6 Å². The molecule has 1 heterocycles. The van der Waals surface area contributed by atoms with Gasteiger partial charge >= 0.3 is 0 Å². The lowest BCUT2D eigenvalue weighted by Gasteiger charge is -2.24. The smallest absolute Gasteiger partial charge is 0.130 e. The number of benzene rings is 1. The molecule has 1 aromatic carbocycles. The molecular weight excluding hydrogens is 277 g/mol. The molecule has 0 aromatic heterocycles. The van der Waals surface area contributed by atoms with Gasteiger partial charge in [0.05, 0.1) is 4.87 Å². The average Bonchev–Trinajstić information content (AvgIpc) is 2.46. The van der Waals surface area contributed by atoms with Crippen LogP contribution in [0, 0.1) is 5.82 Å². The third kappa shape index (κ3) is 2.22. The number of halogens is 2. The molecule has 15 heavy (non-hydrogen) atoms. The minimum absolute atomic E-state index is 0.152. The molecule has 1 nitrogen and oxygen atoms in total. The van der Waals surface area contributed by atoms with Crippen LogP contribution in [-0.4, -0.2) is 11.8 Å². The van der Waals surface area contributed by atoms with E-state index in [-0.39, 0.29) is 10.7 Å². The third-order valence-corrected chi connectivity index (χ3v) is 4.51. The largest absolute Gasteiger partial charge is 0.298 e. The van der Waals surface area contributed by atoms with Gasteiger partial charge in [0.15, 0.2) is 0 Å². The van der Waals surface area contributed by atoms with Crippen LogP contribution in [-0.2, 0) is 4.87 Å². The Morgan fingerprint density at radius 3 is 2.87 bits per heavy atom. The SMILES string of the molecule is CC1CNC(C)(c2ccc(Br)cc2F)S1. The molecule has 82 valence electrons. The van der Waals surface area contributed by atoms with E-state index in [2.05, 4.69) is 28.2 Å². The van der Waals surface area contributed by atoms with Gasteiger partial charge in [-0.1, -0.05) is 28.9 Å². The van der Waals surface area contributed by atoms with Crippen LogP contribution in [0.5, 0.6) is 0 Å². The van der Waals surface area contributed by atoms with Crippen LogP contribution in [0.15, 0.2) is 22.7 Å². The van der Waals surface area contributed by atoms with Gasteiger partial charge in [0.1, 0.15) is 5.82 Å². The second-order valence-corrected chi connectivity index (χ2v) is 6.74. The van der Waals surface area contributed by atoms with Gasteiger partial charge < -0.3 is 0 Å². The van der Waals surface area contributed by atoms with Gasteiger partial charge in [-0.05, 0) is 19.1 Å². The maximum atomic E-state index is 13.8. The van der Waals surface area contributed by atoms with Crippen LogP contribution >= 0.6 is 27.7 Å². The highest BCUT2D eigenvalue weighted by Gasteiger charge is 2.36. The molecule has 1 fully saturated rings. The van der Waals surface area contributed by atoms with E-state index < -0.39 is 0 Å². The van der Waals surface area contributed by atoms with Crippen molar-refractivity contribution in [2.45, 2.75) is 24.0 Å². The van der Waals surface area contributed by atoms with Crippen molar-refractivity contribution in [2.75, 3.05) is 6.54 Å². The summed E-state index contributed by atoms with van der Waals surface area (Å²) in [7, 11) is 0. The summed E-state index contributed by atoms with van der Waals surface area (Å²) in [6.45, 7) is 5.11. The van der Waals surface area contributed by atoms with Crippen LogP contribution in [0.4, 0.5) is 4.39 Å². The monoisotopic (exact) mass is 289 g/mol. The van der Waals surface area contributed by atoms with Crippen molar-refractivity contribution in [3.05, 3.63) is 34.1 Å². The van der Waals surface area contributed by atoms with Crippen LogP contribution in [0.1, 0.15) is 19.4 Å². The van der Waals surface area contributed by atoms with Crippen LogP contribution in [0.3, 0.4) is 0 Å². The molecule has 0 bridgehead atoms. The highest BCUT2D eigenvalue weighted by molar-refractivity contribution is 9.10. The molecule has 1 saturated heterocycles. The van der Waals surface area contributed by atoms with Crippen molar-refractivity contribution in [2.24, 2.45) is 0 Å². The number of hydrogen-bond donors (Lipinski definition) is 1. The van der Waals surface area contributed by atoms with E-state index in [1.54, 1.807) is 11.8 Å². The minimum Gasteiger partial charge on any atom is -0.298 e. The van der Waals surface area contributed by atoms with Gasteiger partial charge in [0.2, 0.25) is 0 Å². The minimum atomic E-state index is -0.287. The Bertz CT molecular complexity index is 385. The molecular formula is C11H13BrFNS. The first-order chi connectivity index (χ1) is 7.01. The zero-order valence-corrected chi connectivity index (χ0v) is 11.1. The fourth-order valence-corrected chi connectivity index (χ4v) is 3.62. The second kappa shape index (κ2) is 4.07. The van der Waals surface area contributed by atoms with E-state index >= 15 is 0 Å². The van der Waals surface area contributed by atoms with Crippen molar-refractivity contribution in [3.63, 3.8) is 0 Å². The van der Waals surface area contributed by atoms with Gasteiger partial charge in [0.25, 0.3) is 0 Å². The predicted octanol–water partition coefficient (Wildman–Crippen LogP) is 3.49. The lowest BCUT2D eigenvalue weighted by Crippen LogP contribution is -2.31. The summed E-state index contributed by atoms with van der Waals surface area (Å²) in [4.78, 5) is -0.287.